The average molecular weight is 722 g/mol. The fourth-order valence-electron chi connectivity index (χ4n) is 8.33. The van der Waals surface area contributed by atoms with Gasteiger partial charge in [-0.2, -0.15) is 11.8 Å². The van der Waals surface area contributed by atoms with Gasteiger partial charge in [0.1, 0.15) is 18.7 Å². The maximum absolute atomic E-state index is 14.6. The van der Waals surface area contributed by atoms with E-state index in [4.69, 9.17) is 4.74 Å². The first-order valence-electron chi connectivity index (χ1n) is 18.9. The number of carbonyl (C=O) groups excluding carboxylic acids is 3. The Bertz CT molecular complexity index is 1680. The molecular weight excluding hydrogens is 671 g/mol. The first-order chi connectivity index (χ1) is 25.5. The topological polar surface area (TPSA) is 85.4 Å². The van der Waals surface area contributed by atoms with Crippen LogP contribution in [0.25, 0.3) is 6.08 Å². The molecule has 3 amide bonds. The van der Waals surface area contributed by atoms with Crippen molar-refractivity contribution in [2.24, 2.45) is 5.92 Å². The third kappa shape index (κ3) is 8.09. The summed E-state index contributed by atoms with van der Waals surface area (Å²) in [6, 6.07) is 25.1. The standard InChI is InChI=1S/C42H51N5O4S/c1-2-33-16-10-11-19-35(33)38-39(47-36(28-51-42(47)50)34-17-8-4-9-18-34)41(49)46(38)37(30-52-29-32-14-6-3-7-15-32)40(48)43-45-26-21-31(22-27-45)20-25-44-23-12-5-13-24-44/h2-4,6-11,14-19,31,36-39H,1,5,12-13,20-30H2,(H,43,48)/t36-,37?,38-,39+/m1/s1. The number of cyclic esters (lactones) is 1. The molecule has 4 fully saturated rings. The number of nitrogens with one attached hydrogen (secondary N) is 1. The molecule has 0 radical (unpaired) electrons. The maximum Gasteiger partial charge on any atom is 0.411 e. The number of hydrogen-bond acceptors (Lipinski definition) is 7. The van der Waals surface area contributed by atoms with Crippen LogP contribution in [0.1, 0.15) is 72.9 Å². The van der Waals surface area contributed by atoms with E-state index in [1.807, 2.05) is 77.8 Å². The fraction of sp³-hybridized carbons (Fsp3) is 0.452. The van der Waals surface area contributed by atoms with E-state index in [9.17, 15) is 14.4 Å². The number of piperidine rings is 2. The minimum Gasteiger partial charge on any atom is -0.447 e. The summed E-state index contributed by atoms with van der Waals surface area (Å²) in [5.41, 5.74) is 7.02. The Hall–Kier alpha value is -4.12. The van der Waals surface area contributed by atoms with Gasteiger partial charge in [-0.3, -0.25) is 19.9 Å². The van der Waals surface area contributed by atoms with Crippen molar-refractivity contribution < 1.29 is 19.1 Å². The Kier molecular flexibility index (Phi) is 11.9. The van der Waals surface area contributed by atoms with Crippen LogP contribution < -0.4 is 5.43 Å². The molecule has 4 aliphatic rings. The molecule has 7 rings (SSSR count). The van der Waals surface area contributed by atoms with E-state index in [2.05, 4.69) is 29.0 Å². The molecule has 0 saturated carbocycles. The van der Waals surface area contributed by atoms with Crippen molar-refractivity contribution in [1.29, 1.82) is 0 Å². The van der Waals surface area contributed by atoms with Crippen LogP contribution in [0.15, 0.2) is 91.5 Å². The molecule has 4 aliphatic heterocycles. The first kappa shape index (κ1) is 36.2. The van der Waals surface area contributed by atoms with Gasteiger partial charge >= 0.3 is 6.09 Å². The molecule has 1 N–H and O–H groups in total. The van der Waals surface area contributed by atoms with Crippen LogP contribution in [0.3, 0.4) is 0 Å². The lowest BCUT2D eigenvalue weighted by molar-refractivity contribution is -0.167. The molecule has 0 aliphatic carbocycles. The Morgan fingerprint density at radius 3 is 2.31 bits per heavy atom. The first-order valence-corrected chi connectivity index (χ1v) is 20.1. The summed E-state index contributed by atoms with van der Waals surface area (Å²) in [7, 11) is 0. The SMILES string of the molecule is C=Cc1ccccc1[C@@H]1[C@H](N2C(=O)OC[C@@H]2c2ccccc2)C(=O)N1C(CSCc1ccccc1)C(=O)NN1CCC(CCN2CCCCC2)CC1. The summed E-state index contributed by atoms with van der Waals surface area (Å²) >= 11 is 1.64. The number of amides is 3. The van der Waals surface area contributed by atoms with Gasteiger partial charge in [0.25, 0.3) is 5.91 Å². The number of benzene rings is 3. The van der Waals surface area contributed by atoms with E-state index in [-0.39, 0.29) is 18.4 Å². The Balaban J connectivity index is 1.12. The highest BCUT2D eigenvalue weighted by Gasteiger charge is 2.59. The maximum atomic E-state index is 14.6. The van der Waals surface area contributed by atoms with Gasteiger partial charge in [0.15, 0.2) is 0 Å². The van der Waals surface area contributed by atoms with Gasteiger partial charge in [-0.1, -0.05) is 104 Å². The number of rotatable bonds is 14. The Labute approximate surface area is 312 Å². The molecule has 0 spiro atoms. The minimum atomic E-state index is -0.827. The molecule has 4 atom stereocenters. The number of nitrogens with zero attached hydrogens (tertiary/aromatic N) is 4. The Morgan fingerprint density at radius 2 is 1.58 bits per heavy atom. The van der Waals surface area contributed by atoms with Gasteiger partial charge in [0.2, 0.25) is 5.91 Å². The molecular formula is C42H51N5O4S. The number of carbonyl (C=O) groups is 3. The zero-order valence-corrected chi connectivity index (χ0v) is 30.8. The van der Waals surface area contributed by atoms with Crippen molar-refractivity contribution >= 4 is 35.7 Å². The van der Waals surface area contributed by atoms with Crippen molar-refractivity contribution in [3.05, 3.63) is 114 Å². The van der Waals surface area contributed by atoms with E-state index >= 15 is 0 Å². The van der Waals surface area contributed by atoms with Gasteiger partial charge in [0, 0.05) is 24.6 Å². The van der Waals surface area contributed by atoms with Crippen LogP contribution in [0.4, 0.5) is 4.79 Å². The summed E-state index contributed by atoms with van der Waals surface area (Å²) in [5, 5.41) is 2.05. The fourth-order valence-corrected chi connectivity index (χ4v) is 9.41. The Morgan fingerprint density at radius 1 is 0.885 bits per heavy atom. The normalized spacial score (nSPS) is 23.6. The van der Waals surface area contributed by atoms with Gasteiger partial charge in [-0.25, -0.2) is 9.80 Å². The molecule has 10 heteroatoms. The number of hydrazine groups is 1. The monoisotopic (exact) mass is 721 g/mol. The predicted molar refractivity (Wildman–Crippen MR) is 206 cm³/mol. The summed E-state index contributed by atoms with van der Waals surface area (Å²) in [5.74, 6) is 1.33. The lowest BCUT2D eigenvalue weighted by atomic mass is 9.82. The summed E-state index contributed by atoms with van der Waals surface area (Å²) in [6.45, 7) is 9.41. The summed E-state index contributed by atoms with van der Waals surface area (Å²) in [4.78, 5) is 48.5. The van der Waals surface area contributed by atoms with Crippen LogP contribution in [-0.2, 0) is 20.1 Å². The van der Waals surface area contributed by atoms with Gasteiger partial charge in [-0.05, 0) is 79.9 Å². The van der Waals surface area contributed by atoms with Crippen LogP contribution in [0, 0.1) is 5.92 Å². The number of likely N-dealkylation sites (tertiary alicyclic amines) is 2. The second-order valence-electron chi connectivity index (χ2n) is 14.5. The zero-order chi connectivity index (χ0) is 35.9. The summed E-state index contributed by atoms with van der Waals surface area (Å²) < 4.78 is 5.60. The molecule has 3 aromatic rings. The molecule has 3 aromatic carbocycles. The quantitative estimate of drug-likeness (QED) is 0.186. The molecule has 1 unspecified atom stereocenters. The number of hydrogen-bond donors (Lipinski definition) is 1. The zero-order valence-electron chi connectivity index (χ0n) is 30.0. The number of ether oxygens (including phenoxy) is 1. The third-order valence-electron chi connectivity index (χ3n) is 11.2. The van der Waals surface area contributed by atoms with Gasteiger partial charge < -0.3 is 14.5 Å². The number of β-lactam (4-membered cyclic amide) rings is 1. The van der Waals surface area contributed by atoms with E-state index in [1.165, 1.54) is 45.3 Å². The lowest BCUT2D eigenvalue weighted by Crippen LogP contribution is -2.71. The van der Waals surface area contributed by atoms with Crippen molar-refractivity contribution in [2.75, 3.05) is 45.1 Å². The average Bonchev–Trinajstić information content (AvgIpc) is 3.57. The molecule has 4 heterocycles. The smallest absolute Gasteiger partial charge is 0.411 e. The molecule has 52 heavy (non-hydrogen) atoms. The second kappa shape index (κ2) is 17.1. The van der Waals surface area contributed by atoms with E-state index in [0.29, 0.717) is 17.4 Å². The highest BCUT2D eigenvalue weighted by atomic mass is 32.2. The van der Waals surface area contributed by atoms with E-state index < -0.39 is 30.3 Å². The van der Waals surface area contributed by atoms with Gasteiger partial charge in [0.05, 0.1) is 12.1 Å². The van der Waals surface area contributed by atoms with Crippen LogP contribution in [0.5, 0.6) is 0 Å². The van der Waals surface area contributed by atoms with E-state index in [0.717, 1.165) is 48.2 Å². The van der Waals surface area contributed by atoms with E-state index in [1.54, 1.807) is 27.6 Å². The molecule has 0 aromatic heterocycles. The van der Waals surface area contributed by atoms with Crippen molar-refractivity contribution in [2.45, 2.75) is 68.4 Å². The molecule has 9 nitrogen and oxygen atoms in total. The molecule has 274 valence electrons. The van der Waals surface area contributed by atoms with Crippen LogP contribution in [-0.4, -0.2) is 94.8 Å². The van der Waals surface area contributed by atoms with Crippen molar-refractivity contribution in [3.8, 4) is 0 Å². The van der Waals surface area contributed by atoms with Crippen molar-refractivity contribution in [3.63, 3.8) is 0 Å². The van der Waals surface area contributed by atoms with Crippen molar-refractivity contribution in [1.82, 2.24) is 25.1 Å². The largest absolute Gasteiger partial charge is 0.447 e. The summed E-state index contributed by atoms with van der Waals surface area (Å²) in [6.07, 6.45) is 8.52. The van der Waals surface area contributed by atoms with Crippen LogP contribution >= 0.6 is 11.8 Å². The molecule has 0 bridgehead atoms. The lowest BCUT2D eigenvalue weighted by Gasteiger charge is -2.54. The highest BCUT2D eigenvalue weighted by molar-refractivity contribution is 7.98. The predicted octanol–water partition coefficient (Wildman–Crippen LogP) is 6.70. The van der Waals surface area contributed by atoms with Crippen LogP contribution in [0.2, 0.25) is 0 Å². The number of thioether (sulfide) groups is 1. The van der Waals surface area contributed by atoms with Gasteiger partial charge in [-0.15, -0.1) is 0 Å². The third-order valence-corrected chi connectivity index (χ3v) is 12.3. The highest BCUT2D eigenvalue weighted by Crippen LogP contribution is 2.46. The molecule has 4 saturated heterocycles. The second-order valence-corrected chi connectivity index (χ2v) is 15.5. The minimum absolute atomic E-state index is 0.160.